The number of nitrogens with zero attached hydrogens (tertiary/aromatic N) is 2. The molecule has 0 aliphatic heterocycles. The van der Waals surface area contributed by atoms with Crippen molar-refractivity contribution in [3.05, 3.63) is 74.4 Å². The second-order valence-electron chi connectivity index (χ2n) is 6.09. The smallest absolute Gasteiger partial charge is 0.336 e. The zero-order chi connectivity index (χ0) is 18.3. The van der Waals surface area contributed by atoms with Gasteiger partial charge in [-0.25, -0.2) is 14.2 Å². The first-order valence-electron chi connectivity index (χ1n) is 7.89. The molecule has 3 rings (SSSR count). The molecule has 1 unspecified atom stereocenters. The molecule has 1 heterocycles. The molecule has 128 valence electrons. The van der Waals surface area contributed by atoms with E-state index < -0.39 is 23.3 Å². The number of aromatic nitrogens is 2. The molecule has 0 amide bonds. The van der Waals surface area contributed by atoms with Crippen LogP contribution in [0.4, 0.5) is 0 Å². The van der Waals surface area contributed by atoms with Gasteiger partial charge in [0.1, 0.15) is 6.04 Å². The quantitative estimate of drug-likeness (QED) is 0.795. The van der Waals surface area contributed by atoms with Gasteiger partial charge in [-0.05, 0) is 56.2 Å². The van der Waals surface area contributed by atoms with E-state index in [2.05, 4.69) is 0 Å². The summed E-state index contributed by atoms with van der Waals surface area (Å²) in [5.74, 6) is -1.14. The fourth-order valence-electron chi connectivity index (χ4n) is 2.86. The number of carbonyl (C=O) groups is 1. The molecule has 1 atom stereocenters. The zero-order valence-corrected chi connectivity index (χ0v) is 14.2. The molecule has 0 aliphatic rings. The summed E-state index contributed by atoms with van der Waals surface area (Å²) < 4.78 is 2.18. The molecule has 3 aromatic rings. The van der Waals surface area contributed by atoms with Crippen LogP contribution in [0.2, 0.25) is 0 Å². The molecule has 1 N–H and O–H groups in total. The predicted molar refractivity (Wildman–Crippen MR) is 95.6 cm³/mol. The summed E-state index contributed by atoms with van der Waals surface area (Å²) in [6.45, 7) is 5.25. The van der Waals surface area contributed by atoms with Crippen LogP contribution in [0.25, 0.3) is 16.6 Å². The number of benzene rings is 2. The Labute approximate surface area is 143 Å². The number of hydrogen-bond acceptors (Lipinski definition) is 3. The van der Waals surface area contributed by atoms with Gasteiger partial charge < -0.3 is 5.11 Å². The van der Waals surface area contributed by atoms with Crippen molar-refractivity contribution in [2.45, 2.75) is 26.8 Å². The summed E-state index contributed by atoms with van der Waals surface area (Å²) in [6, 6.07) is 10.7. The van der Waals surface area contributed by atoms with E-state index in [-0.39, 0.29) is 0 Å². The third-order valence-corrected chi connectivity index (χ3v) is 4.49. The van der Waals surface area contributed by atoms with E-state index in [0.717, 1.165) is 20.3 Å². The molecule has 2 aromatic carbocycles. The van der Waals surface area contributed by atoms with Crippen LogP contribution in [0.3, 0.4) is 0 Å². The van der Waals surface area contributed by atoms with Crippen molar-refractivity contribution in [1.82, 2.24) is 9.13 Å². The van der Waals surface area contributed by atoms with Gasteiger partial charge in [0.15, 0.2) is 0 Å². The number of aryl methyl sites for hydroxylation is 2. The van der Waals surface area contributed by atoms with Gasteiger partial charge in [0, 0.05) is 0 Å². The first-order valence-corrected chi connectivity index (χ1v) is 7.89. The van der Waals surface area contributed by atoms with E-state index in [4.69, 9.17) is 0 Å². The molecule has 0 saturated carbocycles. The van der Waals surface area contributed by atoms with Crippen molar-refractivity contribution in [2.24, 2.45) is 0 Å². The van der Waals surface area contributed by atoms with Crippen molar-refractivity contribution in [3.8, 4) is 5.69 Å². The SMILES string of the molecule is Cc1ccc(-n2c(=O)c3ccccc3n(C(C)C(=O)O)c2=O)cc1C. The van der Waals surface area contributed by atoms with E-state index >= 15 is 0 Å². The third kappa shape index (κ3) is 2.65. The topological polar surface area (TPSA) is 81.3 Å². The number of hydrogen-bond donors (Lipinski definition) is 1. The Morgan fingerprint density at radius 1 is 1.04 bits per heavy atom. The second-order valence-corrected chi connectivity index (χ2v) is 6.09. The average molecular weight is 338 g/mol. The van der Waals surface area contributed by atoms with Crippen molar-refractivity contribution < 1.29 is 9.90 Å². The van der Waals surface area contributed by atoms with Gasteiger partial charge in [0.05, 0.1) is 16.6 Å². The Balaban J connectivity index is 2.48. The summed E-state index contributed by atoms with van der Waals surface area (Å²) in [6.07, 6.45) is 0. The Morgan fingerprint density at radius 3 is 2.36 bits per heavy atom. The van der Waals surface area contributed by atoms with E-state index in [9.17, 15) is 19.5 Å². The van der Waals surface area contributed by atoms with Gasteiger partial charge in [-0.3, -0.25) is 9.36 Å². The Hall–Kier alpha value is -3.15. The highest BCUT2D eigenvalue weighted by molar-refractivity contribution is 5.81. The van der Waals surface area contributed by atoms with E-state index in [1.165, 1.54) is 6.92 Å². The van der Waals surface area contributed by atoms with Gasteiger partial charge in [-0.15, -0.1) is 0 Å². The van der Waals surface area contributed by atoms with E-state index in [1.54, 1.807) is 36.4 Å². The fourth-order valence-corrected chi connectivity index (χ4v) is 2.86. The molecule has 0 radical (unpaired) electrons. The lowest BCUT2D eigenvalue weighted by Crippen LogP contribution is -2.41. The summed E-state index contributed by atoms with van der Waals surface area (Å²) in [5, 5.41) is 9.68. The van der Waals surface area contributed by atoms with Crippen LogP contribution in [0.5, 0.6) is 0 Å². The van der Waals surface area contributed by atoms with Crippen LogP contribution < -0.4 is 11.2 Å². The Morgan fingerprint density at radius 2 is 1.72 bits per heavy atom. The van der Waals surface area contributed by atoms with Gasteiger partial charge in [-0.1, -0.05) is 18.2 Å². The molecule has 25 heavy (non-hydrogen) atoms. The highest BCUT2D eigenvalue weighted by Crippen LogP contribution is 2.16. The van der Waals surface area contributed by atoms with E-state index in [0.29, 0.717) is 16.6 Å². The lowest BCUT2D eigenvalue weighted by Gasteiger charge is -2.17. The Bertz CT molecular complexity index is 1110. The minimum Gasteiger partial charge on any atom is -0.480 e. The average Bonchev–Trinajstić information content (AvgIpc) is 2.58. The minimum absolute atomic E-state index is 0.299. The second kappa shape index (κ2) is 6.05. The normalized spacial score (nSPS) is 12.3. The van der Waals surface area contributed by atoms with Crippen LogP contribution in [0.1, 0.15) is 24.1 Å². The lowest BCUT2D eigenvalue weighted by atomic mass is 10.1. The number of fused-ring (bicyclic) bond motifs is 1. The zero-order valence-electron chi connectivity index (χ0n) is 14.2. The van der Waals surface area contributed by atoms with Gasteiger partial charge in [0.25, 0.3) is 5.56 Å². The number of carboxylic acids is 1. The third-order valence-electron chi connectivity index (χ3n) is 4.49. The molecule has 0 fully saturated rings. The summed E-state index contributed by atoms with van der Waals surface area (Å²) in [4.78, 5) is 37.4. The number of carboxylic acid groups (broad SMARTS) is 1. The number of rotatable bonds is 3. The van der Waals surface area contributed by atoms with Crippen LogP contribution in [0, 0.1) is 13.8 Å². The van der Waals surface area contributed by atoms with Gasteiger partial charge in [0.2, 0.25) is 0 Å². The largest absolute Gasteiger partial charge is 0.480 e. The maximum atomic E-state index is 13.0. The number of para-hydroxylation sites is 1. The van der Waals surface area contributed by atoms with Crippen LogP contribution >= 0.6 is 0 Å². The van der Waals surface area contributed by atoms with Crippen molar-refractivity contribution in [2.75, 3.05) is 0 Å². The fraction of sp³-hybridized carbons (Fsp3) is 0.211. The predicted octanol–water partition coefficient (Wildman–Crippen LogP) is 2.41. The summed E-state index contributed by atoms with van der Waals surface area (Å²) in [5.41, 5.74) is 1.59. The highest BCUT2D eigenvalue weighted by Gasteiger charge is 2.22. The van der Waals surface area contributed by atoms with Gasteiger partial charge in [-0.2, -0.15) is 0 Å². The molecule has 6 heteroatoms. The molecule has 0 saturated heterocycles. The van der Waals surface area contributed by atoms with E-state index in [1.807, 2.05) is 19.9 Å². The first-order chi connectivity index (χ1) is 11.8. The number of aliphatic carboxylic acids is 1. The standard InChI is InChI=1S/C19H18N2O4/c1-11-8-9-14(10-12(11)2)21-17(22)15-6-4-5-7-16(15)20(19(21)25)13(3)18(23)24/h4-10,13H,1-3H3,(H,23,24). The molecular weight excluding hydrogens is 320 g/mol. The highest BCUT2D eigenvalue weighted by atomic mass is 16.4. The first kappa shape index (κ1) is 16.7. The van der Waals surface area contributed by atoms with Crippen molar-refractivity contribution >= 4 is 16.9 Å². The molecular formula is C19H18N2O4. The monoisotopic (exact) mass is 338 g/mol. The van der Waals surface area contributed by atoms with Crippen LogP contribution in [-0.4, -0.2) is 20.2 Å². The summed E-state index contributed by atoms with van der Waals surface area (Å²) in [7, 11) is 0. The van der Waals surface area contributed by atoms with Crippen molar-refractivity contribution in [3.63, 3.8) is 0 Å². The molecule has 0 bridgehead atoms. The van der Waals surface area contributed by atoms with Crippen molar-refractivity contribution in [1.29, 1.82) is 0 Å². The van der Waals surface area contributed by atoms with Crippen LogP contribution in [-0.2, 0) is 4.79 Å². The van der Waals surface area contributed by atoms with Crippen LogP contribution in [0.15, 0.2) is 52.1 Å². The molecule has 0 spiro atoms. The Kier molecular flexibility index (Phi) is 4.04. The lowest BCUT2D eigenvalue weighted by molar-refractivity contribution is -0.140. The maximum Gasteiger partial charge on any atom is 0.336 e. The summed E-state index contributed by atoms with van der Waals surface area (Å²) >= 11 is 0. The molecule has 1 aromatic heterocycles. The molecule has 0 aliphatic carbocycles. The molecule has 6 nitrogen and oxygen atoms in total. The van der Waals surface area contributed by atoms with Gasteiger partial charge >= 0.3 is 11.7 Å². The minimum atomic E-state index is -1.14. The maximum absolute atomic E-state index is 13.0.